The van der Waals surface area contributed by atoms with Crippen LogP contribution in [0.15, 0.2) is 42.6 Å². The molecule has 1 aliphatic heterocycles. The fourth-order valence-electron chi connectivity index (χ4n) is 3.51. The van der Waals surface area contributed by atoms with Crippen LogP contribution >= 0.6 is 0 Å². The zero-order valence-corrected chi connectivity index (χ0v) is 16.6. The van der Waals surface area contributed by atoms with Gasteiger partial charge in [0.2, 0.25) is 0 Å². The molecule has 0 aliphatic carbocycles. The lowest BCUT2D eigenvalue weighted by Gasteiger charge is -2.26. The monoisotopic (exact) mass is 380 g/mol. The molecular formula is C22H28N4O2. The van der Waals surface area contributed by atoms with E-state index in [4.69, 9.17) is 0 Å². The number of anilines is 2. The van der Waals surface area contributed by atoms with E-state index in [1.165, 1.54) is 12.6 Å². The highest BCUT2D eigenvalue weighted by molar-refractivity contribution is 6.04. The number of hydrogen-bond donors (Lipinski definition) is 1. The predicted molar refractivity (Wildman–Crippen MR) is 112 cm³/mol. The number of pyridine rings is 1. The van der Waals surface area contributed by atoms with Crippen molar-refractivity contribution in [1.29, 1.82) is 0 Å². The van der Waals surface area contributed by atoms with Crippen LogP contribution < -0.4 is 10.2 Å². The first kappa shape index (κ1) is 19.9. The molecule has 2 aromatic rings. The van der Waals surface area contributed by atoms with Crippen LogP contribution in [-0.2, 0) is 0 Å². The smallest absolute Gasteiger partial charge is 0.274 e. The number of piperidine rings is 1. The maximum absolute atomic E-state index is 12.7. The fourth-order valence-corrected chi connectivity index (χ4v) is 3.51. The summed E-state index contributed by atoms with van der Waals surface area (Å²) in [5, 5.41) is 2.86. The zero-order chi connectivity index (χ0) is 19.9. The van der Waals surface area contributed by atoms with Gasteiger partial charge in [0.05, 0.1) is 0 Å². The van der Waals surface area contributed by atoms with Crippen molar-refractivity contribution in [2.45, 2.75) is 33.1 Å². The van der Waals surface area contributed by atoms with E-state index >= 15 is 0 Å². The quantitative estimate of drug-likeness (QED) is 0.828. The van der Waals surface area contributed by atoms with Crippen molar-refractivity contribution >= 4 is 23.2 Å². The van der Waals surface area contributed by atoms with Crippen molar-refractivity contribution < 1.29 is 9.59 Å². The Labute approximate surface area is 166 Å². The lowest BCUT2D eigenvalue weighted by Crippen LogP contribution is -2.35. The summed E-state index contributed by atoms with van der Waals surface area (Å²) in [4.78, 5) is 33.5. The molecule has 1 aromatic carbocycles. The van der Waals surface area contributed by atoms with Crippen LogP contribution in [0.25, 0.3) is 0 Å². The summed E-state index contributed by atoms with van der Waals surface area (Å²) in [7, 11) is 0. The molecule has 28 heavy (non-hydrogen) atoms. The minimum atomic E-state index is -0.316. The molecule has 3 rings (SSSR count). The van der Waals surface area contributed by atoms with Crippen molar-refractivity contribution in [3.63, 3.8) is 0 Å². The maximum atomic E-state index is 12.7. The normalized spacial score (nSPS) is 13.9. The predicted octanol–water partition coefficient (Wildman–Crippen LogP) is 3.81. The van der Waals surface area contributed by atoms with Crippen LogP contribution in [0.4, 0.5) is 11.4 Å². The highest BCUT2D eigenvalue weighted by Gasteiger charge is 2.19. The molecule has 1 fully saturated rings. The van der Waals surface area contributed by atoms with Gasteiger partial charge in [0.1, 0.15) is 5.69 Å². The van der Waals surface area contributed by atoms with E-state index in [2.05, 4.69) is 29.0 Å². The lowest BCUT2D eigenvalue weighted by atomic mass is 10.1. The van der Waals surface area contributed by atoms with Crippen molar-refractivity contribution in [3.05, 3.63) is 53.9 Å². The van der Waals surface area contributed by atoms with Crippen LogP contribution in [0.1, 0.15) is 54.0 Å². The first-order valence-electron chi connectivity index (χ1n) is 10.0. The topological polar surface area (TPSA) is 65.5 Å². The van der Waals surface area contributed by atoms with Gasteiger partial charge in [-0.25, -0.2) is 0 Å². The van der Waals surface area contributed by atoms with Gasteiger partial charge in [-0.15, -0.1) is 0 Å². The first-order chi connectivity index (χ1) is 13.6. The standard InChI is InChI=1S/C22H28N4O2/c1-3-25(4-2)19-10-8-18(9-11-19)24-21(27)20-16-17(12-13-23-20)22(28)26-14-6-5-7-15-26/h8-13,16H,3-7,14-15H2,1-2H3,(H,24,27). The van der Waals surface area contributed by atoms with E-state index in [-0.39, 0.29) is 17.5 Å². The van der Waals surface area contributed by atoms with Crippen molar-refractivity contribution in [1.82, 2.24) is 9.88 Å². The van der Waals surface area contributed by atoms with E-state index in [0.717, 1.165) is 44.7 Å². The van der Waals surface area contributed by atoms with Gasteiger partial charge in [0, 0.05) is 49.3 Å². The number of aromatic nitrogens is 1. The van der Waals surface area contributed by atoms with Crippen molar-refractivity contribution in [2.24, 2.45) is 0 Å². The van der Waals surface area contributed by atoms with Crippen LogP contribution in [0.5, 0.6) is 0 Å². The number of nitrogens with zero attached hydrogens (tertiary/aromatic N) is 3. The minimum absolute atomic E-state index is 0.0280. The van der Waals surface area contributed by atoms with Gasteiger partial charge in [-0.3, -0.25) is 14.6 Å². The SMILES string of the molecule is CCN(CC)c1ccc(NC(=O)c2cc(C(=O)N3CCCCC3)ccn2)cc1. The second-order valence-electron chi connectivity index (χ2n) is 6.96. The average Bonchev–Trinajstić information content (AvgIpc) is 2.76. The van der Waals surface area contributed by atoms with Gasteiger partial charge >= 0.3 is 0 Å². The molecule has 6 heteroatoms. The number of nitrogens with one attached hydrogen (secondary N) is 1. The summed E-state index contributed by atoms with van der Waals surface area (Å²) in [6.07, 6.45) is 4.76. The number of rotatable bonds is 6. The molecule has 1 aromatic heterocycles. The van der Waals surface area contributed by atoms with Gasteiger partial charge in [0.15, 0.2) is 0 Å². The largest absolute Gasteiger partial charge is 0.372 e. The molecular weight excluding hydrogens is 352 g/mol. The Balaban J connectivity index is 1.68. The third-order valence-electron chi connectivity index (χ3n) is 5.14. The zero-order valence-electron chi connectivity index (χ0n) is 16.6. The highest BCUT2D eigenvalue weighted by atomic mass is 16.2. The number of hydrogen-bond acceptors (Lipinski definition) is 4. The summed E-state index contributed by atoms with van der Waals surface area (Å²) in [5.74, 6) is -0.344. The highest BCUT2D eigenvalue weighted by Crippen LogP contribution is 2.19. The van der Waals surface area contributed by atoms with E-state index in [1.54, 1.807) is 12.1 Å². The van der Waals surface area contributed by atoms with Gasteiger partial charge in [0.25, 0.3) is 11.8 Å². The van der Waals surface area contributed by atoms with Crippen LogP contribution in [0.3, 0.4) is 0 Å². The van der Waals surface area contributed by atoms with Crippen molar-refractivity contribution in [3.8, 4) is 0 Å². The summed E-state index contributed by atoms with van der Waals surface area (Å²) < 4.78 is 0. The van der Waals surface area contributed by atoms with E-state index in [9.17, 15) is 9.59 Å². The summed E-state index contributed by atoms with van der Waals surface area (Å²) in [6.45, 7) is 7.66. The van der Waals surface area contributed by atoms with E-state index in [0.29, 0.717) is 11.3 Å². The first-order valence-corrected chi connectivity index (χ1v) is 10.0. The van der Waals surface area contributed by atoms with E-state index in [1.807, 2.05) is 29.2 Å². The molecule has 6 nitrogen and oxygen atoms in total. The molecule has 0 unspecified atom stereocenters. The number of amides is 2. The minimum Gasteiger partial charge on any atom is -0.372 e. The Morgan fingerprint density at radius 3 is 2.36 bits per heavy atom. The van der Waals surface area contributed by atoms with Crippen LogP contribution in [0.2, 0.25) is 0 Å². The van der Waals surface area contributed by atoms with Gasteiger partial charge in [-0.1, -0.05) is 0 Å². The molecule has 148 valence electrons. The number of benzene rings is 1. The summed E-state index contributed by atoms with van der Waals surface area (Å²) in [6, 6.07) is 11.0. The van der Waals surface area contributed by atoms with Crippen molar-refractivity contribution in [2.75, 3.05) is 36.4 Å². The lowest BCUT2D eigenvalue weighted by molar-refractivity contribution is 0.0724. The second kappa shape index (κ2) is 9.35. The van der Waals surface area contributed by atoms with Gasteiger partial charge < -0.3 is 15.1 Å². The molecule has 0 radical (unpaired) electrons. The third kappa shape index (κ3) is 4.68. The van der Waals surface area contributed by atoms with Crippen LogP contribution in [-0.4, -0.2) is 47.9 Å². The molecule has 2 amide bonds. The average molecular weight is 380 g/mol. The third-order valence-corrected chi connectivity index (χ3v) is 5.14. The number of likely N-dealkylation sites (tertiary alicyclic amines) is 1. The number of carbonyl (C=O) groups is 2. The molecule has 2 heterocycles. The van der Waals surface area contributed by atoms with Gasteiger partial charge in [-0.2, -0.15) is 0 Å². The molecule has 1 saturated heterocycles. The molecule has 0 atom stereocenters. The van der Waals surface area contributed by atoms with Crippen LogP contribution in [0, 0.1) is 0 Å². The molecule has 0 bridgehead atoms. The fraction of sp³-hybridized carbons (Fsp3) is 0.409. The Morgan fingerprint density at radius 1 is 1.04 bits per heavy atom. The Hall–Kier alpha value is -2.89. The molecule has 1 N–H and O–H groups in total. The van der Waals surface area contributed by atoms with Gasteiger partial charge in [-0.05, 0) is 69.5 Å². The summed E-state index contributed by atoms with van der Waals surface area (Å²) in [5.41, 5.74) is 2.58. The maximum Gasteiger partial charge on any atom is 0.274 e. The Bertz CT molecular complexity index is 810. The molecule has 0 spiro atoms. The van der Waals surface area contributed by atoms with E-state index < -0.39 is 0 Å². The Kier molecular flexibility index (Phi) is 6.63. The molecule has 1 aliphatic rings. The summed E-state index contributed by atoms with van der Waals surface area (Å²) >= 11 is 0. The second-order valence-corrected chi connectivity index (χ2v) is 6.96. The Morgan fingerprint density at radius 2 is 1.71 bits per heavy atom. The molecule has 0 saturated carbocycles. The number of carbonyl (C=O) groups excluding carboxylic acids is 2.